The fourth-order valence-corrected chi connectivity index (χ4v) is 1.46. The van der Waals surface area contributed by atoms with Gasteiger partial charge in [0.2, 0.25) is 0 Å². The van der Waals surface area contributed by atoms with Crippen molar-refractivity contribution in [3.8, 4) is 0 Å². The first-order valence-electron chi connectivity index (χ1n) is 2.98. The molecule has 1 N–H and O–H groups in total. The zero-order valence-electron chi connectivity index (χ0n) is 4.55. The third-order valence-electron chi connectivity index (χ3n) is 1.93. The van der Waals surface area contributed by atoms with Gasteiger partial charge < -0.3 is 0 Å². The molecule has 2 aliphatic rings. The van der Waals surface area contributed by atoms with Crippen LogP contribution in [0.3, 0.4) is 0 Å². The third-order valence-corrected chi connectivity index (χ3v) is 1.93. The number of carbonyl (C=O) groups excluding carboxylic acids is 1. The first kappa shape index (κ1) is 4.24. The number of hydrogen-bond acceptors (Lipinski definition) is 1. The molecule has 2 heteroatoms. The van der Waals surface area contributed by atoms with Crippen LogP contribution in [0.1, 0.15) is 12.8 Å². The normalized spacial score (nSPS) is 41.8. The Bertz CT molecular complexity index is 162. The lowest BCUT2D eigenvalue weighted by Gasteiger charge is -1.91. The van der Waals surface area contributed by atoms with Gasteiger partial charge in [0.25, 0.3) is 0 Å². The van der Waals surface area contributed by atoms with Gasteiger partial charge in [0, 0.05) is 6.42 Å². The lowest BCUT2D eigenvalue weighted by atomic mass is 10.1. The molecule has 2 bridgehead atoms. The third kappa shape index (κ3) is 0.377. The largest absolute Gasteiger partial charge is 0.299 e. The van der Waals surface area contributed by atoms with Crippen LogP contribution in [-0.2, 0) is 4.79 Å². The molecule has 1 aliphatic carbocycles. The molecule has 1 heterocycles. The van der Waals surface area contributed by atoms with Gasteiger partial charge in [-0.2, -0.15) is 0 Å². The Kier molecular flexibility index (Phi) is 0.629. The number of hydrogen-bond donors (Lipinski definition) is 1. The summed E-state index contributed by atoms with van der Waals surface area (Å²) in [6.45, 7) is 0. The number of ketones is 1. The highest BCUT2D eigenvalue weighted by Gasteiger charge is 2.40. The van der Waals surface area contributed by atoms with Crippen molar-refractivity contribution in [2.45, 2.75) is 18.9 Å². The van der Waals surface area contributed by atoms with E-state index in [1.807, 2.05) is 6.21 Å². The topological polar surface area (TPSA) is 31.0 Å². The van der Waals surface area contributed by atoms with Crippen molar-refractivity contribution >= 4 is 12.0 Å². The van der Waals surface area contributed by atoms with E-state index >= 15 is 0 Å². The van der Waals surface area contributed by atoms with Gasteiger partial charge in [-0.1, -0.05) is 0 Å². The van der Waals surface area contributed by atoms with Crippen molar-refractivity contribution in [1.29, 1.82) is 0 Å². The molecule has 2 atom stereocenters. The summed E-state index contributed by atoms with van der Waals surface area (Å²) in [5.74, 6) is 0.689. The van der Waals surface area contributed by atoms with Crippen molar-refractivity contribution in [3.63, 3.8) is 0 Å². The maximum Gasteiger partial charge on any atom is 0.158 e. The number of carbonyl (C=O) groups is 1. The number of Topliss-reactive ketones (excluding diaryl/α,β-unsaturated/α-hetero) is 1. The molecule has 0 radical (unpaired) electrons. The van der Waals surface area contributed by atoms with Crippen molar-refractivity contribution in [2.24, 2.45) is 5.92 Å². The van der Waals surface area contributed by atoms with Crippen molar-refractivity contribution in [3.05, 3.63) is 0 Å². The molecule has 0 aromatic heterocycles. The van der Waals surface area contributed by atoms with Crippen LogP contribution in [-0.4, -0.2) is 18.0 Å². The fourth-order valence-electron chi connectivity index (χ4n) is 1.46. The highest BCUT2D eigenvalue weighted by molar-refractivity contribution is 5.96. The minimum atomic E-state index is 0.264. The zero-order chi connectivity index (χ0) is 5.56. The number of nitrogens with one attached hydrogen (secondary N) is 1. The van der Waals surface area contributed by atoms with Gasteiger partial charge in [-0.3, -0.25) is 4.79 Å². The Morgan fingerprint density at radius 1 is 1.75 bits per heavy atom. The van der Waals surface area contributed by atoms with E-state index in [0.717, 1.165) is 12.8 Å². The Morgan fingerprint density at radius 2 is 2.62 bits per heavy atom. The second-order valence-electron chi connectivity index (χ2n) is 2.54. The molecule has 0 saturated heterocycles. The molecule has 1 aliphatic heterocycles. The molecule has 0 aromatic rings. The lowest BCUT2D eigenvalue weighted by molar-refractivity contribution is -0.487. The molecule has 1 fully saturated rings. The highest BCUT2D eigenvalue weighted by atomic mass is 16.1. The molecule has 0 aromatic carbocycles. The second-order valence-corrected chi connectivity index (χ2v) is 2.54. The first-order valence-corrected chi connectivity index (χ1v) is 2.98. The van der Waals surface area contributed by atoms with E-state index in [2.05, 4.69) is 4.99 Å². The molecular formula is C6H8NO+. The molecule has 0 amide bonds. The van der Waals surface area contributed by atoms with Crippen LogP contribution in [0.4, 0.5) is 0 Å². The van der Waals surface area contributed by atoms with Gasteiger partial charge in [-0.05, 0) is 0 Å². The van der Waals surface area contributed by atoms with E-state index in [-0.39, 0.29) is 5.92 Å². The van der Waals surface area contributed by atoms with E-state index in [4.69, 9.17) is 0 Å². The molecule has 2 nitrogen and oxygen atoms in total. The Labute approximate surface area is 47.6 Å². The van der Waals surface area contributed by atoms with Crippen LogP contribution in [0.2, 0.25) is 0 Å². The summed E-state index contributed by atoms with van der Waals surface area (Å²) in [4.78, 5) is 13.9. The van der Waals surface area contributed by atoms with Crippen LogP contribution in [0.25, 0.3) is 0 Å². The fraction of sp³-hybridized carbons (Fsp3) is 0.667. The van der Waals surface area contributed by atoms with E-state index < -0.39 is 0 Å². The quantitative estimate of drug-likeness (QED) is 0.404. The predicted octanol–water partition coefficient (Wildman–Crippen LogP) is -1.50. The zero-order valence-corrected chi connectivity index (χ0v) is 4.55. The molecule has 2 rings (SSSR count). The van der Waals surface area contributed by atoms with E-state index in [1.165, 1.54) is 0 Å². The summed E-state index contributed by atoms with van der Waals surface area (Å²) >= 11 is 0. The molecule has 2 unspecified atom stereocenters. The minimum absolute atomic E-state index is 0.264. The van der Waals surface area contributed by atoms with Gasteiger partial charge in [0.15, 0.2) is 11.8 Å². The minimum Gasteiger partial charge on any atom is -0.299 e. The Balaban J connectivity index is 2.35. The van der Waals surface area contributed by atoms with Crippen molar-refractivity contribution < 1.29 is 9.79 Å². The SMILES string of the molecule is O=C1CC2CC1C=[NH+]2. The van der Waals surface area contributed by atoms with Gasteiger partial charge in [-0.25, -0.2) is 4.99 Å². The average molecular weight is 110 g/mol. The Morgan fingerprint density at radius 3 is 2.88 bits per heavy atom. The smallest absolute Gasteiger partial charge is 0.158 e. The van der Waals surface area contributed by atoms with Crippen LogP contribution in [0.15, 0.2) is 0 Å². The highest BCUT2D eigenvalue weighted by Crippen LogP contribution is 2.19. The standard InChI is InChI=1S/C6H7NO/c8-6-2-5-1-4(6)3-7-5/h3-5H,1-2H2/p+1. The molecule has 8 heavy (non-hydrogen) atoms. The predicted molar refractivity (Wildman–Crippen MR) is 28.5 cm³/mol. The van der Waals surface area contributed by atoms with Gasteiger partial charge in [0.05, 0.1) is 6.42 Å². The van der Waals surface area contributed by atoms with E-state index in [1.54, 1.807) is 0 Å². The number of rotatable bonds is 0. The second kappa shape index (κ2) is 1.19. The van der Waals surface area contributed by atoms with Crippen molar-refractivity contribution in [1.82, 2.24) is 0 Å². The van der Waals surface area contributed by atoms with Gasteiger partial charge >= 0.3 is 0 Å². The monoisotopic (exact) mass is 110 g/mol. The van der Waals surface area contributed by atoms with Gasteiger partial charge in [0.1, 0.15) is 12.1 Å². The van der Waals surface area contributed by atoms with Crippen LogP contribution in [0.5, 0.6) is 0 Å². The average Bonchev–Trinajstić information content (AvgIpc) is 2.23. The van der Waals surface area contributed by atoms with E-state index in [0.29, 0.717) is 11.8 Å². The molecule has 42 valence electrons. The summed E-state index contributed by atoms with van der Waals surface area (Å²) in [5.41, 5.74) is 0. The van der Waals surface area contributed by atoms with E-state index in [9.17, 15) is 4.79 Å². The molecule has 0 spiro atoms. The van der Waals surface area contributed by atoms with Gasteiger partial charge in [-0.15, -0.1) is 0 Å². The first-order chi connectivity index (χ1) is 3.86. The molecular weight excluding hydrogens is 102 g/mol. The van der Waals surface area contributed by atoms with Crippen LogP contribution in [0, 0.1) is 5.92 Å². The number of fused-ring (bicyclic) bond motifs is 2. The summed E-state index contributed by atoms with van der Waals surface area (Å²) in [6.07, 6.45) is 3.75. The maximum atomic E-state index is 10.8. The maximum absolute atomic E-state index is 10.8. The van der Waals surface area contributed by atoms with Crippen LogP contribution < -0.4 is 4.99 Å². The lowest BCUT2D eigenvalue weighted by Crippen LogP contribution is -2.74. The summed E-state index contributed by atoms with van der Waals surface area (Å²) < 4.78 is 0. The Hall–Kier alpha value is -0.660. The summed E-state index contributed by atoms with van der Waals surface area (Å²) in [7, 11) is 0. The van der Waals surface area contributed by atoms with Crippen LogP contribution >= 0.6 is 0 Å². The molecule has 1 saturated carbocycles. The summed E-state index contributed by atoms with van der Waals surface area (Å²) in [5, 5.41) is 0. The summed E-state index contributed by atoms with van der Waals surface area (Å²) in [6, 6.07) is 0.493. The van der Waals surface area contributed by atoms with Crippen molar-refractivity contribution in [2.75, 3.05) is 0 Å².